The number of pyridine rings is 1. The van der Waals surface area contributed by atoms with Crippen molar-refractivity contribution in [2.45, 2.75) is 32.9 Å². The lowest BCUT2D eigenvalue weighted by Crippen LogP contribution is -2.27. The second kappa shape index (κ2) is 6.24. The lowest BCUT2D eigenvalue weighted by Gasteiger charge is -2.08. The molecule has 2 aromatic heterocycles. The van der Waals surface area contributed by atoms with Crippen LogP contribution in [0.25, 0.3) is 11.4 Å². The largest absolute Gasteiger partial charge is 0.391 e. The van der Waals surface area contributed by atoms with E-state index < -0.39 is 0 Å². The predicted molar refractivity (Wildman–Crippen MR) is 72.6 cm³/mol. The van der Waals surface area contributed by atoms with Gasteiger partial charge in [-0.1, -0.05) is 19.4 Å². The Morgan fingerprint density at radius 1 is 1.32 bits per heavy atom. The van der Waals surface area contributed by atoms with Crippen molar-refractivity contribution < 1.29 is 5.11 Å². The van der Waals surface area contributed by atoms with Gasteiger partial charge in [-0.2, -0.15) is 5.10 Å². The molecule has 0 saturated carbocycles. The van der Waals surface area contributed by atoms with Crippen LogP contribution in [-0.2, 0) is 13.2 Å². The molecule has 2 heterocycles. The molecular formula is C14H17N3O2. The van der Waals surface area contributed by atoms with E-state index in [9.17, 15) is 9.90 Å². The zero-order valence-corrected chi connectivity index (χ0v) is 10.9. The highest BCUT2D eigenvalue weighted by Gasteiger charge is 2.09. The number of hydrogen-bond donors (Lipinski definition) is 1. The third-order valence-electron chi connectivity index (χ3n) is 2.87. The standard InChI is InChI=1S/C14H17N3O2/c1-2-3-8-17-14(19)11(10-18)9-13(16-17)12-6-4-5-7-15-12/h4-7,9,18H,2-3,8,10H2,1H3. The zero-order valence-electron chi connectivity index (χ0n) is 10.9. The van der Waals surface area contributed by atoms with Crippen molar-refractivity contribution in [3.63, 3.8) is 0 Å². The molecular weight excluding hydrogens is 242 g/mol. The van der Waals surface area contributed by atoms with Crippen LogP contribution in [0.5, 0.6) is 0 Å². The highest BCUT2D eigenvalue weighted by atomic mass is 16.3. The van der Waals surface area contributed by atoms with Gasteiger partial charge in [0.15, 0.2) is 0 Å². The maximum Gasteiger partial charge on any atom is 0.272 e. The summed E-state index contributed by atoms with van der Waals surface area (Å²) >= 11 is 0. The quantitative estimate of drug-likeness (QED) is 0.885. The zero-order chi connectivity index (χ0) is 13.7. The number of rotatable bonds is 5. The first-order valence-electron chi connectivity index (χ1n) is 6.39. The SMILES string of the molecule is CCCCn1nc(-c2ccccn2)cc(CO)c1=O. The predicted octanol–water partition coefficient (Wildman–Crippen LogP) is 1.60. The molecule has 0 aromatic carbocycles. The maximum absolute atomic E-state index is 12.0. The second-order valence-corrected chi connectivity index (χ2v) is 4.31. The van der Waals surface area contributed by atoms with E-state index in [0.717, 1.165) is 12.8 Å². The van der Waals surface area contributed by atoms with Crippen molar-refractivity contribution >= 4 is 0 Å². The highest BCUT2D eigenvalue weighted by molar-refractivity contribution is 5.53. The summed E-state index contributed by atoms with van der Waals surface area (Å²) in [6.45, 7) is 2.33. The summed E-state index contributed by atoms with van der Waals surface area (Å²) < 4.78 is 1.42. The van der Waals surface area contributed by atoms with Gasteiger partial charge < -0.3 is 5.11 Å². The Morgan fingerprint density at radius 3 is 2.79 bits per heavy atom. The monoisotopic (exact) mass is 259 g/mol. The Balaban J connectivity index is 2.48. The van der Waals surface area contributed by atoms with E-state index in [1.54, 1.807) is 12.3 Å². The van der Waals surface area contributed by atoms with Crippen molar-refractivity contribution in [2.75, 3.05) is 0 Å². The molecule has 1 N–H and O–H groups in total. The highest BCUT2D eigenvalue weighted by Crippen LogP contribution is 2.13. The molecule has 2 aromatic rings. The minimum Gasteiger partial charge on any atom is -0.391 e. The van der Waals surface area contributed by atoms with Gasteiger partial charge in [0.25, 0.3) is 5.56 Å². The third-order valence-corrected chi connectivity index (χ3v) is 2.87. The normalized spacial score (nSPS) is 10.6. The van der Waals surface area contributed by atoms with Gasteiger partial charge in [0.2, 0.25) is 0 Å². The number of unbranched alkanes of at least 4 members (excludes halogenated alkanes) is 1. The fourth-order valence-corrected chi connectivity index (χ4v) is 1.81. The topological polar surface area (TPSA) is 68.0 Å². The summed E-state index contributed by atoms with van der Waals surface area (Å²) in [5, 5.41) is 13.6. The van der Waals surface area contributed by atoms with Crippen molar-refractivity contribution in [1.29, 1.82) is 0 Å². The Hall–Kier alpha value is -2.01. The fraction of sp³-hybridized carbons (Fsp3) is 0.357. The number of aliphatic hydroxyl groups excluding tert-OH is 1. The molecule has 0 unspecified atom stereocenters. The first kappa shape index (κ1) is 13.4. The molecule has 0 amide bonds. The molecule has 0 radical (unpaired) electrons. The molecule has 0 aliphatic heterocycles. The van der Waals surface area contributed by atoms with Crippen molar-refractivity contribution in [1.82, 2.24) is 14.8 Å². The molecule has 0 aliphatic carbocycles. The number of aryl methyl sites for hydroxylation is 1. The second-order valence-electron chi connectivity index (χ2n) is 4.31. The fourth-order valence-electron chi connectivity index (χ4n) is 1.81. The molecule has 100 valence electrons. The minimum absolute atomic E-state index is 0.226. The first-order valence-corrected chi connectivity index (χ1v) is 6.39. The van der Waals surface area contributed by atoms with E-state index >= 15 is 0 Å². The molecule has 0 aliphatic rings. The number of hydrogen-bond acceptors (Lipinski definition) is 4. The summed E-state index contributed by atoms with van der Waals surface area (Å²) in [4.78, 5) is 16.2. The van der Waals surface area contributed by atoms with E-state index in [0.29, 0.717) is 23.5 Å². The van der Waals surface area contributed by atoms with Crippen LogP contribution < -0.4 is 5.56 Å². The molecule has 0 bridgehead atoms. The molecule has 0 fully saturated rings. The summed E-state index contributed by atoms with van der Waals surface area (Å²) in [6, 6.07) is 7.12. The van der Waals surface area contributed by atoms with Gasteiger partial charge in [0.05, 0.1) is 12.3 Å². The molecule has 0 saturated heterocycles. The van der Waals surface area contributed by atoms with Gasteiger partial charge in [0.1, 0.15) is 5.69 Å². The molecule has 5 heteroatoms. The van der Waals surface area contributed by atoms with Crippen LogP contribution in [0.4, 0.5) is 0 Å². The van der Waals surface area contributed by atoms with Crippen molar-refractivity contribution in [2.24, 2.45) is 0 Å². The van der Waals surface area contributed by atoms with Crippen LogP contribution in [0, 0.1) is 0 Å². The van der Waals surface area contributed by atoms with Crippen LogP contribution in [0.15, 0.2) is 35.3 Å². The van der Waals surface area contributed by atoms with Crippen molar-refractivity contribution in [3.8, 4) is 11.4 Å². The lowest BCUT2D eigenvalue weighted by molar-refractivity contribution is 0.278. The summed E-state index contributed by atoms with van der Waals surface area (Å²) in [6.07, 6.45) is 3.54. The van der Waals surface area contributed by atoms with E-state index in [2.05, 4.69) is 17.0 Å². The van der Waals surface area contributed by atoms with E-state index in [1.165, 1.54) is 4.68 Å². The van der Waals surface area contributed by atoms with Crippen LogP contribution in [-0.4, -0.2) is 19.9 Å². The molecule has 19 heavy (non-hydrogen) atoms. The van der Waals surface area contributed by atoms with Gasteiger partial charge >= 0.3 is 0 Å². The third kappa shape index (κ3) is 3.06. The molecule has 0 spiro atoms. The Kier molecular flexibility index (Phi) is 4.41. The van der Waals surface area contributed by atoms with Crippen LogP contribution in [0.2, 0.25) is 0 Å². The van der Waals surface area contributed by atoms with Gasteiger partial charge in [-0.25, -0.2) is 4.68 Å². The van der Waals surface area contributed by atoms with Gasteiger partial charge in [-0.15, -0.1) is 0 Å². The summed E-state index contributed by atoms with van der Waals surface area (Å²) in [5.74, 6) is 0. The van der Waals surface area contributed by atoms with E-state index in [4.69, 9.17) is 0 Å². The first-order chi connectivity index (χ1) is 9.26. The maximum atomic E-state index is 12.0. The Morgan fingerprint density at radius 2 is 2.16 bits per heavy atom. The Bertz CT molecular complexity index is 593. The van der Waals surface area contributed by atoms with E-state index in [-0.39, 0.29) is 12.2 Å². The minimum atomic E-state index is -0.284. The van der Waals surface area contributed by atoms with E-state index in [1.807, 2.05) is 18.2 Å². The number of aromatic nitrogens is 3. The lowest BCUT2D eigenvalue weighted by atomic mass is 10.2. The summed E-state index contributed by atoms with van der Waals surface area (Å²) in [7, 11) is 0. The van der Waals surface area contributed by atoms with Crippen LogP contribution >= 0.6 is 0 Å². The number of aliphatic hydroxyl groups is 1. The molecule has 5 nitrogen and oxygen atoms in total. The average molecular weight is 259 g/mol. The molecule has 0 atom stereocenters. The molecule has 2 rings (SSSR count). The van der Waals surface area contributed by atoms with Gasteiger partial charge in [-0.3, -0.25) is 9.78 Å². The smallest absolute Gasteiger partial charge is 0.272 e. The van der Waals surface area contributed by atoms with Crippen molar-refractivity contribution in [3.05, 3.63) is 46.4 Å². The number of nitrogens with zero attached hydrogens (tertiary/aromatic N) is 3. The Labute approximate surface area is 111 Å². The average Bonchev–Trinajstić information content (AvgIpc) is 2.47. The van der Waals surface area contributed by atoms with Crippen LogP contribution in [0.1, 0.15) is 25.3 Å². The van der Waals surface area contributed by atoms with Gasteiger partial charge in [-0.05, 0) is 24.6 Å². The van der Waals surface area contributed by atoms with Gasteiger partial charge in [0, 0.05) is 18.3 Å². The summed E-state index contributed by atoms with van der Waals surface area (Å²) in [5.41, 5.74) is 1.44. The van der Waals surface area contributed by atoms with Crippen LogP contribution in [0.3, 0.4) is 0 Å².